The van der Waals surface area contributed by atoms with Gasteiger partial charge in [-0.2, -0.15) is 0 Å². The summed E-state index contributed by atoms with van der Waals surface area (Å²) in [5, 5.41) is 4.38. The first-order valence-electron chi connectivity index (χ1n) is 9.27. The number of rotatable bonds is 7. The van der Waals surface area contributed by atoms with Crippen molar-refractivity contribution < 1.29 is 0 Å². The first kappa shape index (κ1) is 18.8. The third-order valence-corrected chi connectivity index (χ3v) is 5.86. The number of nitrogens with zero attached hydrogens (tertiary/aromatic N) is 4. The SMILES string of the molecule is CCN(CC)CCNc1nc2c(sc3nc(C)cc(C)c32)c(=O)n1CC. The van der Waals surface area contributed by atoms with Gasteiger partial charge in [0.2, 0.25) is 5.95 Å². The van der Waals surface area contributed by atoms with Gasteiger partial charge in [0.05, 0.1) is 0 Å². The number of hydrogen-bond donors (Lipinski definition) is 1. The molecule has 0 aromatic carbocycles. The summed E-state index contributed by atoms with van der Waals surface area (Å²) < 4.78 is 2.42. The first-order chi connectivity index (χ1) is 12.5. The smallest absolute Gasteiger partial charge is 0.272 e. The molecule has 140 valence electrons. The Hall–Kier alpha value is -1.99. The molecule has 7 heteroatoms. The molecule has 1 N–H and O–H groups in total. The summed E-state index contributed by atoms with van der Waals surface area (Å²) in [6, 6.07) is 2.05. The molecule has 0 atom stereocenters. The molecule has 3 aromatic heterocycles. The monoisotopic (exact) mass is 373 g/mol. The molecule has 0 amide bonds. The normalized spacial score (nSPS) is 11.8. The molecule has 3 aromatic rings. The van der Waals surface area contributed by atoms with Gasteiger partial charge in [0.1, 0.15) is 15.0 Å². The van der Waals surface area contributed by atoms with Crippen LogP contribution in [-0.4, -0.2) is 45.6 Å². The highest BCUT2D eigenvalue weighted by molar-refractivity contribution is 7.25. The molecule has 0 fully saturated rings. The minimum Gasteiger partial charge on any atom is -0.354 e. The Morgan fingerprint density at radius 1 is 1.19 bits per heavy atom. The lowest BCUT2D eigenvalue weighted by Gasteiger charge is -2.19. The van der Waals surface area contributed by atoms with Gasteiger partial charge in [-0.3, -0.25) is 9.36 Å². The molecule has 0 aliphatic rings. The van der Waals surface area contributed by atoms with Crippen molar-refractivity contribution in [1.82, 2.24) is 19.4 Å². The van der Waals surface area contributed by atoms with Gasteiger partial charge in [0.25, 0.3) is 5.56 Å². The van der Waals surface area contributed by atoms with E-state index in [0.29, 0.717) is 17.2 Å². The number of hydrogen-bond acceptors (Lipinski definition) is 6. The first-order valence-corrected chi connectivity index (χ1v) is 10.1. The van der Waals surface area contributed by atoms with Crippen molar-refractivity contribution in [2.75, 3.05) is 31.5 Å². The zero-order chi connectivity index (χ0) is 18.8. The summed E-state index contributed by atoms with van der Waals surface area (Å²) in [6.45, 7) is 14.6. The van der Waals surface area contributed by atoms with Crippen LogP contribution in [0.2, 0.25) is 0 Å². The fourth-order valence-corrected chi connectivity index (χ4v) is 4.54. The maximum absolute atomic E-state index is 13.0. The molecule has 0 bridgehead atoms. The van der Waals surface area contributed by atoms with Gasteiger partial charge in [-0.05, 0) is 45.5 Å². The molecule has 0 aliphatic heterocycles. The average Bonchev–Trinajstić information content (AvgIpc) is 2.97. The van der Waals surface area contributed by atoms with E-state index in [1.165, 1.54) is 11.3 Å². The standard InChI is InChI=1S/C19H27N5OS/c1-6-23(7-2)10-9-20-19-22-15-14-12(4)11-13(5)21-17(14)26-16(15)18(25)24(19)8-3/h11H,6-10H2,1-5H3,(H,20,22). The van der Waals surface area contributed by atoms with Crippen molar-refractivity contribution in [3.05, 3.63) is 27.7 Å². The zero-order valence-corrected chi connectivity index (χ0v) is 17.0. The zero-order valence-electron chi connectivity index (χ0n) is 16.2. The van der Waals surface area contributed by atoms with Crippen molar-refractivity contribution in [2.45, 2.75) is 41.2 Å². The van der Waals surface area contributed by atoms with Crippen LogP contribution in [0.1, 0.15) is 32.0 Å². The topological polar surface area (TPSA) is 63.0 Å². The van der Waals surface area contributed by atoms with E-state index in [4.69, 9.17) is 4.98 Å². The van der Waals surface area contributed by atoms with Crippen LogP contribution in [0, 0.1) is 13.8 Å². The third-order valence-electron chi connectivity index (χ3n) is 4.80. The summed E-state index contributed by atoms with van der Waals surface area (Å²) in [4.78, 5) is 25.7. The predicted octanol–water partition coefficient (Wildman–Crippen LogP) is 3.40. The van der Waals surface area contributed by atoms with E-state index in [1.807, 2.05) is 13.8 Å². The molecular formula is C19H27N5OS. The number of likely N-dealkylation sites (N-methyl/N-ethyl adjacent to an activating group) is 1. The van der Waals surface area contributed by atoms with Crippen LogP contribution in [0.3, 0.4) is 0 Å². The fourth-order valence-electron chi connectivity index (χ4n) is 3.35. The fraction of sp³-hybridized carbons (Fsp3) is 0.526. The van der Waals surface area contributed by atoms with Gasteiger partial charge in [0, 0.05) is 30.7 Å². The van der Waals surface area contributed by atoms with Crippen molar-refractivity contribution in [1.29, 1.82) is 0 Å². The largest absolute Gasteiger partial charge is 0.354 e. The Balaban J connectivity index is 2.08. The second-order valence-electron chi connectivity index (χ2n) is 6.48. The Bertz CT molecular complexity index is 987. The van der Waals surface area contributed by atoms with E-state index < -0.39 is 0 Å². The molecule has 26 heavy (non-hydrogen) atoms. The van der Waals surface area contributed by atoms with E-state index in [1.54, 1.807) is 4.57 Å². The second kappa shape index (κ2) is 7.72. The Labute approximate surface area is 157 Å². The van der Waals surface area contributed by atoms with Crippen LogP contribution in [-0.2, 0) is 6.54 Å². The number of aryl methyl sites for hydroxylation is 2. The van der Waals surface area contributed by atoms with Crippen LogP contribution in [0.5, 0.6) is 0 Å². The highest BCUT2D eigenvalue weighted by Gasteiger charge is 2.17. The Morgan fingerprint density at radius 2 is 1.92 bits per heavy atom. The molecule has 3 rings (SSSR count). The quantitative estimate of drug-likeness (QED) is 0.688. The van der Waals surface area contributed by atoms with E-state index in [-0.39, 0.29) is 5.56 Å². The molecule has 0 saturated carbocycles. The maximum atomic E-state index is 13.0. The molecule has 6 nitrogen and oxygen atoms in total. The van der Waals surface area contributed by atoms with Gasteiger partial charge in [-0.1, -0.05) is 13.8 Å². The summed E-state index contributed by atoms with van der Waals surface area (Å²) in [7, 11) is 0. The maximum Gasteiger partial charge on any atom is 0.272 e. The average molecular weight is 374 g/mol. The molecule has 0 saturated heterocycles. The number of pyridine rings is 1. The van der Waals surface area contributed by atoms with E-state index in [9.17, 15) is 4.79 Å². The van der Waals surface area contributed by atoms with E-state index in [0.717, 1.165) is 53.2 Å². The van der Waals surface area contributed by atoms with E-state index in [2.05, 4.69) is 42.0 Å². The van der Waals surface area contributed by atoms with E-state index >= 15 is 0 Å². The second-order valence-corrected chi connectivity index (χ2v) is 7.48. The van der Waals surface area contributed by atoms with Gasteiger partial charge < -0.3 is 10.2 Å². The predicted molar refractivity (Wildman–Crippen MR) is 111 cm³/mol. The number of aromatic nitrogens is 3. The number of fused-ring (bicyclic) bond motifs is 3. The van der Waals surface area contributed by atoms with Crippen molar-refractivity contribution >= 4 is 37.7 Å². The highest BCUT2D eigenvalue weighted by atomic mass is 32.1. The van der Waals surface area contributed by atoms with Crippen LogP contribution in [0.25, 0.3) is 20.4 Å². The number of anilines is 1. The van der Waals surface area contributed by atoms with Crippen LogP contribution in [0.4, 0.5) is 5.95 Å². The molecular weight excluding hydrogens is 346 g/mol. The van der Waals surface area contributed by atoms with Crippen LogP contribution >= 0.6 is 11.3 Å². The van der Waals surface area contributed by atoms with Crippen LogP contribution < -0.4 is 10.9 Å². The summed E-state index contributed by atoms with van der Waals surface area (Å²) in [5.41, 5.74) is 2.88. The lowest BCUT2D eigenvalue weighted by atomic mass is 10.1. The Kier molecular flexibility index (Phi) is 5.58. The molecule has 0 radical (unpaired) electrons. The van der Waals surface area contributed by atoms with Gasteiger partial charge in [-0.25, -0.2) is 9.97 Å². The summed E-state index contributed by atoms with van der Waals surface area (Å²) >= 11 is 1.45. The van der Waals surface area contributed by atoms with Gasteiger partial charge in [0.15, 0.2) is 0 Å². The summed E-state index contributed by atoms with van der Waals surface area (Å²) in [5.74, 6) is 0.650. The highest BCUT2D eigenvalue weighted by Crippen LogP contribution is 2.32. The van der Waals surface area contributed by atoms with Crippen molar-refractivity contribution in [3.63, 3.8) is 0 Å². The summed E-state index contributed by atoms with van der Waals surface area (Å²) in [6.07, 6.45) is 0. The molecule has 0 spiro atoms. The minimum absolute atomic E-state index is 0.0166. The third kappa shape index (κ3) is 3.33. The Morgan fingerprint density at radius 3 is 2.58 bits per heavy atom. The molecule has 0 aliphatic carbocycles. The number of nitrogens with one attached hydrogen (secondary N) is 1. The van der Waals surface area contributed by atoms with Gasteiger partial charge >= 0.3 is 0 Å². The number of thiophene rings is 1. The lowest BCUT2D eigenvalue weighted by Crippen LogP contribution is -2.31. The van der Waals surface area contributed by atoms with Gasteiger partial charge in [-0.15, -0.1) is 11.3 Å². The van der Waals surface area contributed by atoms with Crippen molar-refractivity contribution in [2.24, 2.45) is 0 Å². The van der Waals surface area contributed by atoms with Crippen LogP contribution in [0.15, 0.2) is 10.9 Å². The lowest BCUT2D eigenvalue weighted by molar-refractivity contribution is 0.315. The van der Waals surface area contributed by atoms with Crippen molar-refractivity contribution in [3.8, 4) is 0 Å². The molecule has 0 unspecified atom stereocenters. The molecule has 3 heterocycles. The minimum atomic E-state index is 0.0166.